The number of guanidine groups is 1. The minimum Gasteiger partial charge on any atom is -0.357 e. The Morgan fingerprint density at radius 1 is 1.48 bits per heavy atom. The molecule has 8 heteroatoms. The Morgan fingerprint density at radius 2 is 2.24 bits per heavy atom. The zero-order valence-electron chi connectivity index (χ0n) is 12.3. The number of thiazole rings is 1. The van der Waals surface area contributed by atoms with Crippen molar-refractivity contribution in [3.63, 3.8) is 0 Å². The van der Waals surface area contributed by atoms with Gasteiger partial charge in [0.1, 0.15) is 11.6 Å². The fourth-order valence-electron chi connectivity index (χ4n) is 1.64. The predicted octanol–water partition coefficient (Wildman–Crippen LogP) is 1.40. The van der Waals surface area contributed by atoms with Crippen LogP contribution in [0.2, 0.25) is 0 Å². The molecule has 0 saturated heterocycles. The topological polar surface area (TPSA) is 78.4 Å². The van der Waals surface area contributed by atoms with Crippen LogP contribution in [0.15, 0.2) is 11.2 Å². The lowest BCUT2D eigenvalue weighted by Crippen LogP contribution is -2.38. The second kappa shape index (κ2) is 9.19. The number of carbonyl (C=O) groups excluding carboxylic acids is 1. The Kier molecular flexibility index (Phi) is 7.94. The standard InChI is InChI=1S/C13H21N5OS.HI/c1-3-14-13(16-7-11(19)18-10-4-5-10)17-8-12-15-6-9(2)20-12;/h6,10H,3-5,7-8H2,1-2H3,(H,18,19)(H2,14,16,17);1H. The number of nitrogens with zero attached hydrogens (tertiary/aromatic N) is 2. The third-order valence-electron chi connectivity index (χ3n) is 2.74. The second-order valence-electron chi connectivity index (χ2n) is 4.76. The molecule has 0 aromatic carbocycles. The molecule has 2 rings (SSSR count). The van der Waals surface area contributed by atoms with Crippen molar-refractivity contribution in [3.8, 4) is 0 Å². The van der Waals surface area contributed by atoms with Crippen LogP contribution in [0.5, 0.6) is 0 Å². The molecular weight excluding hydrogens is 401 g/mol. The van der Waals surface area contributed by atoms with Gasteiger partial charge in [0.15, 0.2) is 5.96 Å². The first-order valence-corrected chi connectivity index (χ1v) is 7.72. The van der Waals surface area contributed by atoms with Gasteiger partial charge in [-0.05, 0) is 26.7 Å². The molecule has 0 atom stereocenters. The summed E-state index contributed by atoms with van der Waals surface area (Å²) in [5, 5.41) is 10.2. The monoisotopic (exact) mass is 423 g/mol. The van der Waals surface area contributed by atoms with Crippen LogP contribution >= 0.6 is 35.3 Å². The summed E-state index contributed by atoms with van der Waals surface area (Å²) in [4.78, 5) is 21.3. The van der Waals surface area contributed by atoms with E-state index in [0.717, 1.165) is 24.4 Å². The summed E-state index contributed by atoms with van der Waals surface area (Å²) in [6, 6.07) is 0.381. The van der Waals surface area contributed by atoms with Crippen LogP contribution in [-0.2, 0) is 11.3 Å². The summed E-state index contributed by atoms with van der Waals surface area (Å²) in [5.74, 6) is 0.626. The van der Waals surface area contributed by atoms with Crippen LogP contribution in [-0.4, -0.2) is 36.0 Å². The predicted molar refractivity (Wildman–Crippen MR) is 96.2 cm³/mol. The molecule has 1 aromatic rings. The van der Waals surface area contributed by atoms with Gasteiger partial charge in [0.05, 0.1) is 6.54 Å². The molecule has 3 N–H and O–H groups in total. The Hall–Kier alpha value is -0.900. The number of nitrogens with one attached hydrogen (secondary N) is 3. The zero-order chi connectivity index (χ0) is 14.4. The highest BCUT2D eigenvalue weighted by molar-refractivity contribution is 14.0. The molecule has 118 valence electrons. The molecule has 6 nitrogen and oxygen atoms in total. The SMILES string of the molecule is CCNC(=NCC(=O)NC1CC1)NCc1ncc(C)s1.I. The van der Waals surface area contributed by atoms with Gasteiger partial charge in [-0.25, -0.2) is 9.98 Å². The van der Waals surface area contributed by atoms with Crippen LogP contribution < -0.4 is 16.0 Å². The van der Waals surface area contributed by atoms with Crippen molar-refractivity contribution in [2.45, 2.75) is 39.3 Å². The van der Waals surface area contributed by atoms with Crippen molar-refractivity contribution in [2.24, 2.45) is 4.99 Å². The van der Waals surface area contributed by atoms with E-state index in [0.29, 0.717) is 18.5 Å². The molecule has 0 aliphatic heterocycles. The highest BCUT2D eigenvalue weighted by atomic mass is 127. The number of aromatic nitrogens is 1. The van der Waals surface area contributed by atoms with Gasteiger partial charge in [-0.2, -0.15) is 0 Å². The van der Waals surface area contributed by atoms with E-state index in [9.17, 15) is 4.79 Å². The third-order valence-corrected chi connectivity index (χ3v) is 3.66. The van der Waals surface area contributed by atoms with E-state index in [4.69, 9.17) is 0 Å². The summed E-state index contributed by atoms with van der Waals surface area (Å²) in [6.45, 7) is 5.56. The van der Waals surface area contributed by atoms with E-state index >= 15 is 0 Å². The second-order valence-corrected chi connectivity index (χ2v) is 6.07. The largest absolute Gasteiger partial charge is 0.357 e. The first-order chi connectivity index (χ1) is 9.67. The first-order valence-electron chi connectivity index (χ1n) is 6.90. The highest BCUT2D eigenvalue weighted by Crippen LogP contribution is 2.18. The molecule has 0 unspecified atom stereocenters. The maximum Gasteiger partial charge on any atom is 0.242 e. The molecular formula is C13H22IN5OS. The molecule has 0 bridgehead atoms. The molecule has 0 spiro atoms. The van der Waals surface area contributed by atoms with Crippen LogP contribution in [0.1, 0.15) is 29.7 Å². The molecule has 1 saturated carbocycles. The van der Waals surface area contributed by atoms with Gasteiger partial charge >= 0.3 is 0 Å². The Morgan fingerprint density at radius 3 is 2.81 bits per heavy atom. The number of aryl methyl sites for hydroxylation is 1. The van der Waals surface area contributed by atoms with Crippen molar-refractivity contribution in [3.05, 3.63) is 16.1 Å². The van der Waals surface area contributed by atoms with E-state index in [-0.39, 0.29) is 36.4 Å². The van der Waals surface area contributed by atoms with Crippen molar-refractivity contribution >= 4 is 47.2 Å². The van der Waals surface area contributed by atoms with Crippen LogP contribution in [0.25, 0.3) is 0 Å². The van der Waals surface area contributed by atoms with E-state index in [1.807, 2.05) is 20.0 Å². The molecule has 1 amide bonds. The fourth-order valence-corrected chi connectivity index (χ4v) is 2.36. The lowest BCUT2D eigenvalue weighted by Gasteiger charge is -2.10. The summed E-state index contributed by atoms with van der Waals surface area (Å²) < 4.78 is 0. The summed E-state index contributed by atoms with van der Waals surface area (Å²) in [5.41, 5.74) is 0. The summed E-state index contributed by atoms with van der Waals surface area (Å²) in [7, 11) is 0. The quantitative estimate of drug-likeness (QED) is 0.367. The molecule has 21 heavy (non-hydrogen) atoms. The van der Waals surface area contributed by atoms with Gasteiger partial charge in [-0.15, -0.1) is 35.3 Å². The van der Waals surface area contributed by atoms with Gasteiger partial charge in [0, 0.05) is 23.7 Å². The van der Waals surface area contributed by atoms with Gasteiger partial charge in [0.25, 0.3) is 0 Å². The number of halogens is 1. The van der Waals surface area contributed by atoms with Crippen molar-refractivity contribution in [1.29, 1.82) is 0 Å². The van der Waals surface area contributed by atoms with E-state index in [1.165, 1.54) is 4.88 Å². The Labute approximate surface area is 146 Å². The number of aliphatic imine (C=N–C) groups is 1. The minimum absolute atomic E-state index is 0. The molecule has 1 aliphatic rings. The van der Waals surface area contributed by atoms with Crippen LogP contribution in [0.3, 0.4) is 0 Å². The number of hydrogen-bond acceptors (Lipinski definition) is 4. The average Bonchev–Trinajstić information content (AvgIpc) is 3.13. The molecule has 1 fully saturated rings. The van der Waals surface area contributed by atoms with Crippen molar-refractivity contribution in [1.82, 2.24) is 20.9 Å². The molecule has 1 heterocycles. The lowest BCUT2D eigenvalue weighted by molar-refractivity contribution is -0.119. The van der Waals surface area contributed by atoms with Gasteiger partial charge < -0.3 is 16.0 Å². The van der Waals surface area contributed by atoms with Crippen LogP contribution in [0, 0.1) is 6.92 Å². The molecule has 1 aliphatic carbocycles. The first kappa shape index (κ1) is 18.1. The average molecular weight is 423 g/mol. The minimum atomic E-state index is -0.0187. The van der Waals surface area contributed by atoms with E-state index < -0.39 is 0 Å². The zero-order valence-corrected chi connectivity index (χ0v) is 15.5. The normalized spacial score (nSPS) is 14.3. The smallest absolute Gasteiger partial charge is 0.242 e. The summed E-state index contributed by atoms with van der Waals surface area (Å²) in [6.07, 6.45) is 4.04. The molecule has 0 radical (unpaired) electrons. The van der Waals surface area contributed by atoms with Gasteiger partial charge in [-0.1, -0.05) is 0 Å². The van der Waals surface area contributed by atoms with Crippen LogP contribution in [0.4, 0.5) is 0 Å². The van der Waals surface area contributed by atoms with Crippen molar-refractivity contribution in [2.75, 3.05) is 13.1 Å². The van der Waals surface area contributed by atoms with Gasteiger partial charge in [0.2, 0.25) is 5.91 Å². The van der Waals surface area contributed by atoms with Gasteiger partial charge in [-0.3, -0.25) is 4.79 Å². The van der Waals surface area contributed by atoms with Crippen molar-refractivity contribution < 1.29 is 4.79 Å². The Bertz CT molecular complexity index is 487. The number of carbonyl (C=O) groups is 1. The van der Waals surface area contributed by atoms with E-state index in [2.05, 4.69) is 25.9 Å². The lowest BCUT2D eigenvalue weighted by atomic mass is 10.5. The number of amides is 1. The maximum atomic E-state index is 11.6. The fraction of sp³-hybridized carbons (Fsp3) is 0.615. The highest BCUT2D eigenvalue weighted by Gasteiger charge is 2.22. The van der Waals surface area contributed by atoms with E-state index in [1.54, 1.807) is 11.3 Å². The maximum absolute atomic E-state index is 11.6. The number of rotatable bonds is 6. The number of hydrogen-bond donors (Lipinski definition) is 3. The Balaban J connectivity index is 0.00000220. The third kappa shape index (κ3) is 7.07. The molecule has 1 aromatic heterocycles. The summed E-state index contributed by atoms with van der Waals surface area (Å²) >= 11 is 1.65.